The Morgan fingerprint density at radius 1 is 1.44 bits per heavy atom. The van der Waals surface area contributed by atoms with Crippen molar-refractivity contribution in [2.45, 2.75) is 25.3 Å². The lowest BCUT2D eigenvalue weighted by atomic mass is 10.1. The smallest absolute Gasteiger partial charge is 0.0628 e. The standard InChI is InChI=1S/C14H19BrN2O/c1-17(9-4-2-3-8-16)14(11-18)12-6-5-7-13(15)10-12/h5-7,10,14,18H,2-4,9,11H2,1H3. The molecule has 0 fully saturated rings. The summed E-state index contributed by atoms with van der Waals surface area (Å²) >= 11 is 3.45. The van der Waals surface area contributed by atoms with Crippen LogP contribution in [-0.2, 0) is 0 Å². The molecule has 0 spiro atoms. The van der Waals surface area contributed by atoms with E-state index in [1.807, 2.05) is 31.3 Å². The molecule has 1 rings (SSSR count). The predicted molar refractivity (Wildman–Crippen MR) is 76.1 cm³/mol. The van der Waals surface area contributed by atoms with E-state index in [0.717, 1.165) is 29.4 Å². The number of aliphatic hydroxyl groups is 1. The molecule has 18 heavy (non-hydrogen) atoms. The fourth-order valence-corrected chi connectivity index (χ4v) is 2.35. The number of nitriles is 1. The third kappa shape index (κ3) is 4.77. The summed E-state index contributed by atoms with van der Waals surface area (Å²) in [6.45, 7) is 0.991. The largest absolute Gasteiger partial charge is 0.394 e. The van der Waals surface area contributed by atoms with Crippen LogP contribution in [0.2, 0.25) is 0 Å². The van der Waals surface area contributed by atoms with E-state index in [1.165, 1.54) is 0 Å². The fourth-order valence-electron chi connectivity index (χ4n) is 1.93. The summed E-state index contributed by atoms with van der Waals surface area (Å²) in [6, 6.07) is 10.2. The maximum atomic E-state index is 9.53. The van der Waals surface area contributed by atoms with Gasteiger partial charge in [-0.15, -0.1) is 0 Å². The molecule has 0 saturated carbocycles. The van der Waals surface area contributed by atoms with Crippen molar-refractivity contribution in [3.8, 4) is 6.07 Å². The molecule has 1 N–H and O–H groups in total. The van der Waals surface area contributed by atoms with Crippen molar-refractivity contribution < 1.29 is 5.11 Å². The molecule has 4 heteroatoms. The highest BCUT2D eigenvalue weighted by molar-refractivity contribution is 9.10. The quantitative estimate of drug-likeness (QED) is 0.787. The van der Waals surface area contributed by atoms with Crippen molar-refractivity contribution in [2.24, 2.45) is 0 Å². The number of nitrogens with zero attached hydrogens (tertiary/aromatic N) is 2. The van der Waals surface area contributed by atoms with E-state index in [4.69, 9.17) is 5.26 Å². The summed E-state index contributed by atoms with van der Waals surface area (Å²) in [7, 11) is 2.01. The van der Waals surface area contributed by atoms with Gasteiger partial charge in [0.2, 0.25) is 0 Å². The first-order valence-corrected chi connectivity index (χ1v) is 6.92. The summed E-state index contributed by atoms with van der Waals surface area (Å²) < 4.78 is 1.02. The second-order valence-electron chi connectivity index (χ2n) is 4.35. The van der Waals surface area contributed by atoms with Crippen molar-refractivity contribution in [3.63, 3.8) is 0 Å². The van der Waals surface area contributed by atoms with Gasteiger partial charge in [-0.1, -0.05) is 28.1 Å². The molecular formula is C14H19BrN2O. The average Bonchev–Trinajstić information content (AvgIpc) is 2.36. The normalized spacial score (nSPS) is 12.4. The van der Waals surface area contributed by atoms with E-state index >= 15 is 0 Å². The minimum Gasteiger partial charge on any atom is -0.394 e. The Labute approximate surface area is 117 Å². The molecule has 0 radical (unpaired) electrons. The van der Waals surface area contributed by atoms with E-state index in [2.05, 4.69) is 26.9 Å². The number of benzene rings is 1. The minimum absolute atomic E-state index is 0.0181. The fraction of sp³-hybridized carbons (Fsp3) is 0.500. The third-order valence-corrected chi connectivity index (χ3v) is 3.48. The molecule has 0 aliphatic carbocycles. The highest BCUT2D eigenvalue weighted by Gasteiger charge is 2.15. The molecule has 1 aromatic carbocycles. The molecule has 1 aromatic rings. The maximum absolute atomic E-state index is 9.53. The molecule has 0 saturated heterocycles. The van der Waals surface area contributed by atoms with Gasteiger partial charge in [0.15, 0.2) is 0 Å². The molecule has 0 aliphatic heterocycles. The van der Waals surface area contributed by atoms with Crippen LogP contribution in [0, 0.1) is 11.3 Å². The van der Waals surface area contributed by atoms with Gasteiger partial charge >= 0.3 is 0 Å². The van der Waals surface area contributed by atoms with Crippen LogP contribution in [0.3, 0.4) is 0 Å². The Morgan fingerprint density at radius 3 is 2.83 bits per heavy atom. The van der Waals surface area contributed by atoms with Crippen LogP contribution in [0.15, 0.2) is 28.7 Å². The van der Waals surface area contributed by atoms with Gasteiger partial charge in [-0.05, 0) is 44.1 Å². The summed E-state index contributed by atoms with van der Waals surface area (Å²) in [5, 5.41) is 18.0. The molecule has 98 valence electrons. The van der Waals surface area contributed by atoms with Crippen molar-refractivity contribution in [3.05, 3.63) is 34.3 Å². The molecule has 0 aromatic heterocycles. The minimum atomic E-state index is 0.0181. The van der Waals surface area contributed by atoms with Crippen molar-refractivity contribution >= 4 is 15.9 Å². The van der Waals surface area contributed by atoms with Crippen LogP contribution >= 0.6 is 15.9 Å². The van der Waals surface area contributed by atoms with Crippen molar-refractivity contribution in [1.82, 2.24) is 4.90 Å². The summed E-state index contributed by atoms with van der Waals surface area (Å²) in [5.41, 5.74) is 1.11. The topological polar surface area (TPSA) is 47.3 Å². The van der Waals surface area contributed by atoms with Crippen molar-refractivity contribution in [2.75, 3.05) is 20.2 Å². The number of halogens is 1. The zero-order chi connectivity index (χ0) is 13.4. The second kappa shape index (κ2) is 8.25. The number of hydrogen-bond acceptors (Lipinski definition) is 3. The maximum Gasteiger partial charge on any atom is 0.0628 e. The van der Waals surface area contributed by atoms with Gasteiger partial charge in [0.25, 0.3) is 0 Å². The summed E-state index contributed by atoms with van der Waals surface area (Å²) in [6.07, 6.45) is 2.50. The average molecular weight is 311 g/mol. The van der Waals surface area contributed by atoms with E-state index < -0.39 is 0 Å². The van der Waals surface area contributed by atoms with Crippen molar-refractivity contribution in [1.29, 1.82) is 5.26 Å². The third-order valence-electron chi connectivity index (χ3n) is 2.99. The first-order valence-electron chi connectivity index (χ1n) is 6.12. The number of likely N-dealkylation sites (N-methyl/N-ethyl adjacent to an activating group) is 1. The van der Waals surface area contributed by atoms with Gasteiger partial charge in [0.1, 0.15) is 0 Å². The number of unbranched alkanes of at least 4 members (excludes halogenated alkanes) is 2. The van der Waals surface area contributed by atoms with E-state index in [9.17, 15) is 5.11 Å². The van der Waals surface area contributed by atoms with Gasteiger partial charge in [-0.25, -0.2) is 0 Å². The van der Waals surface area contributed by atoms with Crippen LogP contribution in [0.4, 0.5) is 0 Å². The lowest BCUT2D eigenvalue weighted by Gasteiger charge is -2.26. The molecule has 0 amide bonds. The number of hydrogen-bond donors (Lipinski definition) is 1. The molecule has 0 bridgehead atoms. The number of rotatable bonds is 7. The van der Waals surface area contributed by atoms with E-state index in [1.54, 1.807) is 0 Å². The lowest BCUT2D eigenvalue weighted by molar-refractivity contribution is 0.146. The molecule has 3 nitrogen and oxygen atoms in total. The Morgan fingerprint density at radius 2 is 2.22 bits per heavy atom. The first-order chi connectivity index (χ1) is 8.69. The van der Waals surface area contributed by atoms with Crippen LogP contribution < -0.4 is 0 Å². The highest BCUT2D eigenvalue weighted by Crippen LogP contribution is 2.22. The highest BCUT2D eigenvalue weighted by atomic mass is 79.9. The Balaban J connectivity index is 2.57. The van der Waals surface area contributed by atoms with Crippen LogP contribution in [0.1, 0.15) is 30.9 Å². The zero-order valence-electron chi connectivity index (χ0n) is 10.6. The Bertz CT molecular complexity index is 403. The second-order valence-corrected chi connectivity index (χ2v) is 5.26. The lowest BCUT2D eigenvalue weighted by Crippen LogP contribution is -2.28. The predicted octanol–water partition coefficient (Wildman–Crippen LogP) is 3.11. The SMILES string of the molecule is CN(CCCCC#N)C(CO)c1cccc(Br)c1. The van der Waals surface area contributed by atoms with Gasteiger partial charge in [0.05, 0.1) is 18.7 Å². The molecule has 1 atom stereocenters. The van der Waals surface area contributed by atoms with Gasteiger partial charge < -0.3 is 5.11 Å². The first kappa shape index (κ1) is 15.2. The van der Waals surface area contributed by atoms with Crippen LogP contribution in [0.25, 0.3) is 0 Å². The molecule has 0 heterocycles. The number of aliphatic hydroxyl groups excluding tert-OH is 1. The monoisotopic (exact) mass is 310 g/mol. The van der Waals surface area contributed by atoms with E-state index in [-0.39, 0.29) is 12.6 Å². The Hall–Kier alpha value is -0.890. The molecule has 1 unspecified atom stereocenters. The Kier molecular flexibility index (Phi) is 6.96. The van der Waals surface area contributed by atoms with E-state index in [0.29, 0.717) is 6.42 Å². The van der Waals surface area contributed by atoms with Crippen LogP contribution in [-0.4, -0.2) is 30.2 Å². The molecular weight excluding hydrogens is 292 g/mol. The van der Waals surface area contributed by atoms with Gasteiger partial charge in [-0.2, -0.15) is 5.26 Å². The zero-order valence-corrected chi connectivity index (χ0v) is 12.2. The van der Waals surface area contributed by atoms with Gasteiger partial charge in [-0.3, -0.25) is 4.90 Å². The molecule has 0 aliphatic rings. The summed E-state index contributed by atoms with van der Waals surface area (Å²) in [4.78, 5) is 2.14. The summed E-state index contributed by atoms with van der Waals surface area (Å²) in [5.74, 6) is 0. The van der Waals surface area contributed by atoms with Gasteiger partial charge in [0, 0.05) is 10.9 Å². The van der Waals surface area contributed by atoms with Crippen LogP contribution in [0.5, 0.6) is 0 Å².